The maximum absolute atomic E-state index is 13.0. The Morgan fingerprint density at radius 3 is 2.37 bits per heavy atom. The smallest absolute Gasteiger partial charge is 0.151 e. The second-order valence-electron chi connectivity index (χ2n) is 5.63. The number of nitrogens with one attached hydrogen (secondary N) is 1. The molecule has 0 radical (unpaired) electrons. The number of benzene rings is 1. The van der Waals surface area contributed by atoms with Gasteiger partial charge in [0.25, 0.3) is 0 Å². The summed E-state index contributed by atoms with van der Waals surface area (Å²) >= 11 is 0. The first kappa shape index (κ1) is 13.1. The first-order valence-electron chi connectivity index (χ1n) is 6.75. The Labute approximate surface area is 113 Å². The summed E-state index contributed by atoms with van der Waals surface area (Å²) < 4.78 is 36.0. The van der Waals surface area contributed by atoms with E-state index in [0.29, 0.717) is 12.3 Å². The summed E-state index contributed by atoms with van der Waals surface area (Å²) in [6, 6.07) is 6.75. The minimum absolute atomic E-state index is 0.0423. The zero-order valence-electron chi connectivity index (χ0n) is 10.7. The highest BCUT2D eigenvalue weighted by molar-refractivity contribution is 7.91. The summed E-state index contributed by atoms with van der Waals surface area (Å²) in [5, 5.41) is 3.47. The van der Waals surface area contributed by atoms with E-state index in [1.807, 2.05) is 0 Å². The molecule has 2 atom stereocenters. The van der Waals surface area contributed by atoms with Crippen molar-refractivity contribution in [1.29, 1.82) is 0 Å². The molecule has 104 valence electrons. The molecule has 0 amide bonds. The molecule has 2 unspecified atom stereocenters. The van der Waals surface area contributed by atoms with E-state index < -0.39 is 9.84 Å². The van der Waals surface area contributed by atoms with Gasteiger partial charge in [-0.05, 0) is 42.9 Å². The molecule has 5 heteroatoms. The topological polar surface area (TPSA) is 46.2 Å². The molecule has 1 heterocycles. The molecule has 3 nitrogen and oxygen atoms in total. The molecule has 1 saturated carbocycles. The molecule has 1 N–H and O–H groups in total. The lowest BCUT2D eigenvalue weighted by Crippen LogP contribution is -2.34. The van der Waals surface area contributed by atoms with Gasteiger partial charge in [0.15, 0.2) is 9.84 Å². The lowest BCUT2D eigenvalue weighted by atomic mass is 10.0. The summed E-state index contributed by atoms with van der Waals surface area (Å²) in [7, 11) is -2.86. The van der Waals surface area contributed by atoms with Crippen LogP contribution in [0.15, 0.2) is 24.3 Å². The largest absolute Gasteiger partial charge is 0.306 e. The molecule has 19 heavy (non-hydrogen) atoms. The van der Waals surface area contributed by atoms with Crippen molar-refractivity contribution < 1.29 is 12.8 Å². The van der Waals surface area contributed by atoms with Crippen LogP contribution < -0.4 is 5.32 Å². The molecule has 1 aliphatic heterocycles. The highest BCUT2D eigenvalue weighted by Gasteiger charge is 2.36. The minimum atomic E-state index is -2.86. The van der Waals surface area contributed by atoms with E-state index in [2.05, 4.69) is 5.32 Å². The highest BCUT2D eigenvalue weighted by atomic mass is 32.2. The van der Waals surface area contributed by atoms with Gasteiger partial charge in [-0.3, -0.25) is 0 Å². The van der Waals surface area contributed by atoms with Gasteiger partial charge in [-0.25, -0.2) is 12.8 Å². The lowest BCUT2D eigenvalue weighted by Gasteiger charge is -2.22. The molecule has 1 saturated heterocycles. The number of hydrogen-bond donors (Lipinski definition) is 1. The molecular weight excluding hydrogens is 265 g/mol. The predicted octanol–water partition coefficient (Wildman–Crippen LogP) is 2.05. The molecule has 1 aromatic rings. The molecule has 0 bridgehead atoms. The summed E-state index contributed by atoms with van der Waals surface area (Å²) in [5.74, 6) is 0.846. The van der Waals surface area contributed by atoms with Crippen LogP contribution in [0.3, 0.4) is 0 Å². The summed E-state index contributed by atoms with van der Waals surface area (Å²) in [6.07, 6.45) is 3.01. The molecule has 3 rings (SSSR count). The molecule has 0 spiro atoms. The first-order valence-corrected chi connectivity index (χ1v) is 8.57. The van der Waals surface area contributed by atoms with Crippen molar-refractivity contribution in [3.8, 4) is 0 Å². The van der Waals surface area contributed by atoms with E-state index in [0.717, 1.165) is 18.4 Å². The fraction of sp³-hybridized carbons (Fsp3) is 0.571. The SMILES string of the molecule is O=S1(=O)CCC(NC(c2ccc(F)cc2)C2CC2)C1. The minimum Gasteiger partial charge on any atom is -0.306 e. The second-order valence-corrected chi connectivity index (χ2v) is 7.86. The van der Waals surface area contributed by atoms with Crippen LogP contribution in [-0.2, 0) is 9.84 Å². The van der Waals surface area contributed by atoms with E-state index in [9.17, 15) is 12.8 Å². The van der Waals surface area contributed by atoms with Gasteiger partial charge in [-0.2, -0.15) is 0 Å². The Balaban J connectivity index is 1.73. The van der Waals surface area contributed by atoms with Crippen molar-refractivity contribution in [3.05, 3.63) is 35.6 Å². The van der Waals surface area contributed by atoms with Crippen molar-refractivity contribution in [2.75, 3.05) is 11.5 Å². The predicted molar refractivity (Wildman–Crippen MR) is 72.1 cm³/mol. The molecule has 1 aromatic carbocycles. The maximum atomic E-state index is 13.0. The fourth-order valence-corrected chi connectivity index (χ4v) is 4.47. The average Bonchev–Trinajstić information content (AvgIpc) is 3.13. The zero-order valence-corrected chi connectivity index (χ0v) is 11.5. The normalized spacial score (nSPS) is 27.3. The Bertz CT molecular complexity index is 551. The van der Waals surface area contributed by atoms with Gasteiger partial charge in [0, 0.05) is 12.1 Å². The van der Waals surface area contributed by atoms with Crippen molar-refractivity contribution in [2.24, 2.45) is 5.92 Å². The van der Waals surface area contributed by atoms with Gasteiger partial charge in [-0.15, -0.1) is 0 Å². The number of hydrogen-bond acceptors (Lipinski definition) is 3. The fourth-order valence-electron chi connectivity index (χ4n) is 2.78. The van der Waals surface area contributed by atoms with Crippen molar-refractivity contribution >= 4 is 9.84 Å². The van der Waals surface area contributed by atoms with Crippen molar-refractivity contribution in [1.82, 2.24) is 5.32 Å². The van der Waals surface area contributed by atoms with Crippen molar-refractivity contribution in [2.45, 2.75) is 31.3 Å². The highest BCUT2D eigenvalue weighted by Crippen LogP contribution is 2.41. The van der Waals surface area contributed by atoms with Gasteiger partial charge < -0.3 is 5.32 Å². The van der Waals surface area contributed by atoms with Crippen LogP contribution in [0.2, 0.25) is 0 Å². The van der Waals surface area contributed by atoms with Gasteiger partial charge >= 0.3 is 0 Å². The van der Waals surface area contributed by atoms with Crippen LogP contribution in [0.4, 0.5) is 4.39 Å². The Hall–Kier alpha value is -0.940. The standard InChI is InChI=1S/C14H18FNO2S/c15-12-5-3-11(4-6-12)14(10-1-2-10)16-13-7-8-19(17,18)9-13/h3-6,10,13-14,16H,1-2,7-9H2. The maximum Gasteiger partial charge on any atom is 0.151 e. The van der Waals surface area contributed by atoms with Crippen molar-refractivity contribution in [3.63, 3.8) is 0 Å². The average molecular weight is 283 g/mol. The number of rotatable bonds is 4. The zero-order chi connectivity index (χ0) is 13.5. The van der Waals surface area contributed by atoms with Gasteiger partial charge in [0.1, 0.15) is 5.82 Å². The van der Waals surface area contributed by atoms with E-state index >= 15 is 0 Å². The van der Waals surface area contributed by atoms with Gasteiger partial charge in [-0.1, -0.05) is 12.1 Å². The monoisotopic (exact) mass is 283 g/mol. The summed E-state index contributed by atoms with van der Waals surface area (Å²) in [4.78, 5) is 0. The molecule has 2 aliphatic rings. The molecule has 1 aliphatic carbocycles. The van der Waals surface area contributed by atoms with Crippen LogP contribution >= 0.6 is 0 Å². The Morgan fingerprint density at radius 1 is 1.16 bits per heavy atom. The molecular formula is C14H18FNO2S. The third kappa shape index (κ3) is 3.15. The molecule has 2 fully saturated rings. The van der Waals surface area contributed by atoms with Gasteiger partial charge in [0.05, 0.1) is 11.5 Å². The van der Waals surface area contributed by atoms with Gasteiger partial charge in [0.2, 0.25) is 0 Å². The molecule has 0 aromatic heterocycles. The number of halogens is 1. The van der Waals surface area contributed by atoms with Crippen LogP contribution in [0.1, 0.15) is 30.9 Å². The van der Waals surface area contributed by atoms with E-state index in [1.54, 1.807) is 12.1 Å². The summed E-state index contributed by atoms with van der Waals surface area (Å²) in [5.41, 5.74) is 1.06. The Morgan fingerprint density at radius 2 is 1.84 bits per heavy atom. The second kappa shape index (κ2) is 4.87. The Kier molecular flexibility index (Phi) is 3.35. The van der Waals surface area contributed by atoms with Crippen LogP contribution in [-0.4, -0.2) is 26.0 Å². The number of sulfone groups is 1. The van der Waals surface area contributed by atoms with Crippen LogP contribution in [0.5, 0.6) is 0 Å². The third-order valence-corrected chi connectivity index (χ3v) is 5.74. The van der Waals surface area contributed by atoms with Crippen LogP contribution in [0.25, 0.3) is 0 Å². The summed E-state index contributed by atoms with van der Waals surface area (Å²) in [6.45, 7) is 0. The first-order chi connectivity index (χ1) is 9.03. The quantitative estimate of drug-likeness (QED) is 0.920. The van der Waals surface area contributed by atoms with E-state index in [1.165, 1.54) is 12.1 Å². The van der Waals surface area contributed by atoms with Crippen LogP contribution in [0, 0.1) is 11.7 Å². The lowest BCUT2D eigenvalue weighted by molar-refractivity contribution is 0.422. The van der Waals surface area contributed by atoms with E-state index in [-0.39, 0.29) is 29.4 Å². The third-order valence-electron chi connectivity index (χ3n) is 3.97. The van der Waals surface area contributed by atoms with E-state index in [4.69, 9.17) is 0 Å².